The number of hydrogen-bond acceptors (Lipinski definition) is 5. The van der Waals surface area contributed by atoms with Crippen LogP contribution >= 0.6 is 11.3 Å². The smallest absolute Gasteiger partial charge is 0.257 e. The second-order valence-electron chi connectivity index (χ2n) is 5.86. The zero-order valence-electron chi connectivity index (χ0n) is 16.0. The lowest BCUT2D eigenvalue weighted by molar-refractivity contribution is -0.122. The predicted octanol–water partition coefficient (Wildman–Crippen LogP) is 1.87. The Kier molecular flexibility index (Phi) is 8.57. The zero-order valence-corrected chi connectivity index (χ0v) is 16.9. The van der Waals surface area contributed by atoms with Crippen LogP contribution in [0.3, 0.4) is 0 Å². The van der Waals surface area contributed by atoms with Gasteiger partial charge in [-0.15, -0.1) is 11.3 Å². The highest BCUT2D eigenvalue weighted by Gasteiger charge is 2.04. The maximum absolute atomic E-state index is 11.5. The fourth-order valence-electron chi connectivity index (χ4n) is 2.35. The summed E-state index contributed by atoms with van der Waals surface area (Å²) in [6, 6.07) is 7.66. The van der Waals surface area contributed by atoms with Gasteiger partial charge >= 0.3 is 0 Å². The first-order chi connectivity index (χ1) is 13.1. The fraction of sp³-hybridized carbons (Fsp3) is 0.421. The number of aliphatic imine (C=N–C) groups is 1. The molecule has 0 atom stereocenters. The number of likely N-dealkylation sites (N-methyl/N-ethyl adjacent to an activating group) is 1. The number of nitrogens with zero attached hydrogens (tertiary/aromatic N) is 2. The Bertz CT molecular complexity index is 760. The van der Waals surface area contributed by atoms with Gasteiger partial charge in [-0.2, -0.15) is 0 Å². The van der Waals surface area contributed by atoms with Crippen molar-refractivity contribution in [2.45, 2.75) is 26.8 Å². The molecule has 1 heterocycles. The average molecular weight is 390 g/mol. The molecule has 1 aromatic heterocycles. The number of amides is 1. The lowest BCUT2D eigenvalue weighted by Crippen LogP contribution is -2.37. The lowest BCUT2D eigenvalue weighted by Gasteiger charge is -2.12. The van der Waals surface area contributed by atoms with Crippen LogP contribution in [0.25, 0.3) is 0 Å². The topological polar surface area (TPSA) is 87.6 Å². The minimum Gasteiger partial charge on any atom is -0.484 e. The van der Waals surface area contributed by atoms with Crippen molar-refractivity contribution in [3.05, 3.63) is 45.9 Å². The van der Waals surface area contributed by atoms with E-state index in [-0.39, 0.29) is 12.5 Å². The molecular formula is C19H27N5O2S. The highest BCUT2D eigenvalue weighted by Crippen LogP contribution is 2.13. The molecular weight excluding hydrogens is 362 g/mol. The monoisotopic (exact) mass is 389 g/mol. The van der Waals surface area contributed by atoms with Crippen LogP contribution in [-0.2, 0) is 17.8 Å². The Morgan fingerprint density at radius 3 is 2.85 bits per heavy atom. The lowest BCUT2D eigenvalue weighted by atomic mass is 10.2. The molecule has 2 rings (SSSR count). The Morgan fingerprint density at radius 1 is 1.30 bits per heavy atom. The molecule has 0 saturated heterocycles. The molecule has 0 aliphatic carbocycles. The van der Waals surface area contributed by atoms with Crippen LogP contribution in [0, 0.1) is 6.92 Å². The molecule has 0 unspecified atom stereocenters. The maximum atomic E-state index is 11.5. The first-order valence-electron chi connectivity index (χ1n) is 8.95. The summed E-state index contributed by atoms with van der Waals surface area (Å²) in [5, 5.41) is 10.4. The van der Waals surface area contributed by atoms with Crippen molar-refractivity contribution in [1.82, 2.24) is 20.9 Å². The zero-order chi connectivity index (χ0) is 19.5. The highest BCUT2D eigenvalue weighted by atomic mass is 32.1. The number of carbonyl (C=O) groups excluding carboxylic acids is 1. The van der Waals surface area contributed by atoms with Gasteiger partial charge in [0.25, 0.3) is 5.91 Å². The standard InChI is InChI=1S/C19H27N5O2S/c1-4-21-17(25)13-26-16-7-5-6-15(10-16)12-24-19(20-3)22-9-8-18-23-11-14(2)27-18/h5-7,10-11H,4,8-9,12-13H2,1-3H3,(H,21,25)(H2,20,22,24). The third-order valence-electron chi connectivity index (χ3n) is 3.63. The van der Waals surface area contributed by atoms with Gasteiger partial charge in [0.1, 0.15) is 5.75 Å². The first-order valence-corrected chi connectivity index (χ1v) is 9.76. The van der Waals surface area contributed by atoms with Gasteiger partial charge in [0.05, 0.1) is 5.01 Å². The molecule has 0 spiro atoms. The van der Waals surface area contributed by atoms with Crippen LogP contribution in [-0.4, -0.2) is 43.6 Å². The number of carbonyl (C=O) groups is 1. The van der Waals surface area contributed by atoms with E-state index in [2.05, 4.69) is 32.9 Å². The van der Waals surface area contributed by atoms with Gasteiger partial charge in [-0.1, -0.05) is 12.1 Å². The molecule has 1 aromatic carbocycles. The van der Waals surface area contributed by atoms with E-state index < -0.39 is 0 Å². The van der Waals surface area contributed by atoms with Gasteiger partial charge in [-0.05, 0) is 31.5 Å². The summed E-state index contributed by atoms with van der Waals surface area (Å²) >= 11 is 1.71. The largest absolute Gasteiger partial charge is 0.484 e. The molecule has 27 heavy (non-hydrogen) atoms. The molecule has 0 saturated carbocycles. The Labute approximate surface area is 164 Å². The summed E-state index contributed by atoms with van der Waals surface area (Å²) in [5.41, 5.74) is 1.04. The van der Waals surface area contributed by atoms with Crippen LogP contribution in [0.4, 0.5) is 0 Å². The third kappa shape index (κ3) is 7.65. The molecule has 3 N–H and O–H groups in total. The molecule has 0 radical (unpaired) electrons. The van der Waals surface area contributed by atoms with Crippen molar-refractivity contribution >= 4 is 23.2 Å². The molecule has 0 aliphatic rings. The fourth-order valence-corrected chi connectivity index (χ4v) is 3.14. The van der Waals surface area contributed by atoms with Gasteiger partial charge in [0.2, 0.25) is 0 Å². The quantitative estimate of drug-likeness (QED) is 0.450. The minimum absolute atomic E-state index is 0.0180. The van der Waals surface area contributed by atoms with Crippen LogP contribution < -0.4 is 20.7 Å². The first kappa shape index (κ1) is 20.7. The van der Waals surface area contributed by atoms with Crippen LogP contribution in [0.2, 0.25) is 0 Å². The maximum Gasteiger partial charge on any atom is 0.257 e. The van der Waals surface area contributed by atoms with Crippen molar-refractivity contribution in [2.75, 3.05) is 26.7 Å². The van der Waals surface area contributed by atoms with E-state index in [1.807, 2.05) is 37.4 Å². The number of hydrogen-bond donors (Lipinski definition) is 3. The second-order valence-corrected chi connectivity index (χ2v) is 7.18. The number of ether oxygens (including phenoxy) is 1. The number of nitrogens with one attached hydrogen (secondary N) is 3. The van der Waals surface area contributed by atoms with E-state index in [0.717, 1.165) is 29.5 Å². The van der Waals surface area contributed by atoms with E-state index in [4.69, 9.17) is 4.74 Å². The number of aromatic nitrogens is 1. The van der Waals surface area contributed by atoms with Gasteiger partial charge in [0.15, 0.2) is 12.6 Å². The molecule has 1 amide bonds. The summed E-state index contributed by atoms with van der Waals surface area (Å²) in [5.74, 6) is 1.28. The Morgan fingerprint density at radius 2 is 2.15 bits per heavy atom. The summed E-state index contributed by atoms with van der Waals surface area (Å²) < 4.78 is 5.52. The number of rotatable bonds is 9. The molecule has 7 nitrogen and oxygen atoms in total. The molecule has 146 valence electrons. The van der Waals surface area contributed by atoms with Gasteiger partial charge in [-0.3, -0.25) is 9.79 Å². The third-order valence-corrected chi connectivity index (χ3v) is 4.60. The molecule has 0 aliphatic heterocycles. The number of aryl methyl sites for hydroxylation is 1. The average Bonchev–Trinajstić information content (AvgIpc) is 3.08. The van der Waals surface area contributed by atoms with Crippen molar-refractivity contribution in [2.24, 2.45) is 4.99 Å². The van der Waals surface area contributed by atoms with Gasteiger partial charge < -0.3 is 20.7 Å². The Hall–Kier alpha value is -2.61. The minimum atomic E-state index is -0.124. The highest BCUT2D eigenvalue weighted by molar-refractivity contribution is 7.11. The number of thiazole rings is 1. The normalized spacial score (nSPS) is 11.1. The van der Waals surface area contributed by atoms with E-state index in [0.29, 0.717) is 18.8 Å². The van der Waals surface area contributed by atoms with Crippen molar-refractivity contribution < 1.29 is 9.53 Å². The van der Waals surface area contributed by atoms with Crippen LogP contribution in [0.15, 0.2) is 35.5 Å². The molecule has 0 bridgehead atoms. The van der Waals surface area contributed by atoms with Crippen LogP contribution in [0.1, 0.15) is 22.4 Å². The second kappa shape index (κ2) is 11.2. The number of guanidine groups is 1. The van der Waals surface area contributed by atoms with E-state index in [9.17, 15) is 4.79 Å². The Balaban J connectivity index is 1.76. The molecule has 8 heteroatoms. The summed E-state index contributed by atoms with van der Waals surface area (Å²) in [6.45, 7) is 5.92. The van der Waals surface area contributed by atoms with E-state index >= 15 is 0 Å². The van der Waals surface area contributed by atoms with Crippen molar-refractivity contribution in [1.29, 1.82) is 0 Å². The van der Waals surface area contributed by atoms with E-state index in [1.165, 1.54) is 4.88 Å². The van der Waals surface area contributed by atoms with Crippen molar-refractivity contribution in [3.63, 3.8) is 0 Å². The van der Waals surface area contributed by atoms with Crippen LogP contribution in [0.5, 0.6) is 5.75 Å². The molecule has 2 aromatic rings. The van der Waals surface area contributed by atoms with E-state index in [1.54, 1.807) is 18.4 Å². The number of benzene rings is 1. The summed E-state index contributed by atoms with van der Waals surface area (Å²) in [4.78, 5) is 21.3. The van der Waals surface area contributed by atoms with Gasteiger partial charge in [-0.25, -0.2) is 4.98 Å². The summed E-state index contributed by atoms with van der Waals surface area (Å²) in [7, 11) is 1.74. The SMILES string of the molecule is CCNC(=O)COc1cccc(CNC(=NC)NCCc2ncc(C)s2)c1. The molecule has 0 fully saturated rings. The van der Waals surface area contributed by atoms with Crippen molar-refractivity contribution in [3.8, 4) is 5.75 Å². The van der Waals surface area contributed by atoms with Gasteiger partial charge in [0, 0.05) is 44.2 Å². The predicted molar refractivity (Wildman–Crippen MR) is 109 cm³/mol. The summed E-state index contributed by atoms with van der Waals surface area (Å²) in [6.07, 6.45) is 2.76.